The van der Waals surface area contributed by atoms with Gasteiger partial charge in [-0.15, -0.1) is 23.7 Å². The van der Waals surface area contributed by atoms with Crippen molar-refractivity contribution < 1.29 is 14.3 Å². The predicted molar refractivity (Wildman–Crippen MR) is 90.6 cm³/mol. The van der Waals surface area contributed by atoms with E-state index in [1.54, 1.807) is 12.1 Å². The van der Waals surface area contributed by atoms with E-state index in [-0.39, 0.29) is 25.1 Å². The molecular formula is C15H17ClN2O3S. The molecule has 1 aliphatic rings. The molecule has 0 fully saturated rings. The molecule has 3 rings (SSSR count). The molecule has 2 aromatic rings. The SMILES string of the molecule is CCc1sc(C(=O)Nc2cc3c(cc2N)OCO3)cc1C.Cl. The van der Waals surface area contributed by atoms with Crippen LogP contribution in [0.4, 0.5) is 11.4 Å². The van der Waals surface area contributed by atoms with Crippen molar-refractivity contribution in [1.82, 2.24) is 0 Å². The van der Waals surface area contributed by atoms with Gasteiger partial charge in [-0.2, -0.15) is 0 Å². The van der Waals surface area contributed by atoms with Crippen LogP contribution in [0.25, 0.3) is 0 Å². The monoisotopic (exact) mass is 340 g/mol. The molecule has 22 heavy (non-hydrogen) atoms. The fourth-order valence-electron chi connectivity index (χ4n) is 2.23. The number of ether oxygens (including phenoxy) is 2. The molecule has 0 saturated carbocycles. The first-order chi connectivity index (χ1) is 10.1. The number of anilines is 2. The summed E-state index contributed by atoms with van der Waals surface area (Å²) in [6.45, 7) is 4.27. The zero-order valence-corrected chi connectivity index (χ0v) is 13.9. The van der Waals surface area contributed by atoms with Gasteiger partial charge in [0.2, 0.25) is 6.79 Å². The molecule has 1 aromatic heterocycles. The first kappa shape index (κ1) is 16.5. The number of benzene rings is 1. The molecule has 0 spiro atoms. The summed E-state index contributed by atoms with van der Waals surface area (Å²) in [5.74, 6) is 1.04. The van der Waals surface area contributed by atoms with Crippen molar-refractivity contribution in [3.05, 3.63) is 33.5 Å². The van der Waals surface area contributed by atoms with Gasteiger partial charge in [-0.1, -0.05) is 6.92 Å². The molecule has 118 valence electrons. The molecule has 7 heteroatoms. The first-order valence-corrected chi connectivity index (χ1v) is 7.50. The van der Waals surface area contributed by atoms with E-state index in [2.05, 4.69) is 12.2 Å². The number of hydrogen-bond acceptors (Lipinski definition) is 5. The second kappa shape index (κ2) is 6.46. The smallest absolute Gasteiger partial charge is 0.265 e. The molecule has 0 aliphatic carbocycles. The summed E-state index contributed by atoms with van der Waals surface area (Å²) in [5.41, 5.74) is 8.07. The highest BCUT2D eigenvalue weighted by molar-refractivity contribution is 7.14. The number of thiophene rings is 1. The zero-order valence-electron chi connectivity index (χ0n) is 12.3. The Morgan fingerprint density at radius 2 is 2.00 bits per heavy atom. The lowest BCUT2D eigenvalue weighted by Crippen LogP contribution is -2.11. The number of amides is 1. The second-order valence-corrected chi connectivity index (χ2v) is 5.95. The highest BCUT2D eigenvalue weighted by Crippen LogP contribution is 2.38. The van der Waals surface area contributed by atoms with Gasteiger partial charge in [-0.25, -0.2) is 0 Å². The minimum Gasteiger partial charge on any atom is -0.454 e. The van der Waals surface area contributed by atoms with Crippen LogP contribution in [0.2, 0.25) is 0 Å². The van der Waals surface area contributed by atoms with Gasteiger partial charge in [-0.05, 0) is 25.0 Å². The van der Waals surface area contributed by atoms with Gasteiger partial charge in [0.25, 0.3) is 5.91 Å². The molecule has 5 nitrogen and oxygen atoms in total. The van der Waals surface area contributed by atoms with Crippen LogP contribution in [-0.4, -0.2) is 12.7 Å². The van der Waals surface area contributed by atoms with E-state index in [1.807, 2.05) is 13.0 Å². The summed E-state index contributed by atoms with van der Waals surface area (Å²) in [5, 5.41) is 2.83. The van der Waals surface area contributed by atoms with E-state index in [9.17, 15) is 4.79 Å². The molecule has 0 atom stereocenters. The van der Waals surface area contributed by atoms with Crippen LogP contribution in [-0.2, 0) is 6.42 Å². The second-order valence-electron chi connectivity index (χ2n) is 4.82. The topological polar surface area (TPSA) is 73.6 Å². The number of nitrogen functional groups attached to an aromatic ring is 1. The Morgan fingerprint density at radius 1 is 1.32 bits per heavy atom. The van der Waals surface area contributed by atoms with Crippen LogP contribution in [0, 0.1) is 6.92 Å². The number of rotatable bonds is 3. The zero-order chi connectivity index (χ0) is 15.0. The van der Waals surface area contributed by atoms with Crippen molar-refractivity contribution in [2.75, 3.05) is 17.8 Å². The van der Waals surface area contributed by atoms with E-state index in [0.717, 1.165) is 12.0 Å². The fourth-order valence-corrected chi connectivity index (χ4v) is 3.24. The quantitative estimate of drug-likeness (QED) is 0.837. The van der Waals surface area contributed by atoms with Crippen molar-refractivity contribution in [2.45, 2.75) is 20.3 Å². The maximum Gasteiger partial charge on any atom is 0.265 e. The van der Waals surface area contributed by atoms with Gasteiger partial charge in [-0.3, -0.25) is 4.79 Å². The standard InChI is InChI=1S/C15H16N2O3S.ClH/c1-3-13-8(2)4-14(21-13)15(18)17-10-6-12-11(5-9(10)16)19-7-20-12;/h4-6H,3,7,16H2,1-2H3,(H,17,18);1H. The van der Waals surface area contributed by atoms with E-state index < -0.39 is 0 Å². The molecule has 1 aliphatic heterocycles. The molecular weight excluding hydrogens is 324 g/mol. The molecule has 0 radical (unpaired) electrons. The van der Waals surface area contributed by atoms with Crippen LogP contribution in [0.5, 0.6) is 11.5 Å². The lowest BCUT2D eigenvalue weighted by atomic mass is 10.2. The van der Waals surface area contributed by atoms with Gasteiger partial charge >= 0.3 is 0 Å². The Hall–Kier alpha value is -1.92. The number of nitrogens with two attached hydrogens (primary N) is 1. The van der Waals surface area contributed by atoms with E-state index in [0.29, 0.717) is 27.8 Å². The lowest BCUT2D eigenvalue weighted by Gasteiger charge is -2.08. The molecule has 2 heterocycles. The van der Waals surface area contributed by atoms with E-state index in [4.69, 9.17) is 15.2 Å². The minimum atomic E-state index is -0.159. The molecule has 0 bridgehead atoms. The molecule has 1 aromatic carbocycles. The van der Waals surface area contributed by atoms with Crippen LogP contribution in [0.1, 0.15) is 27.0 Å². The average Bonchev–Trinajstić information content (AvgIpc) is 3.05. The molecule has 3 N–H and O–H groups in total. The number of carbonyl (C=O) groups is 1. The van der Waals surface area contributed by atoms with Crippen LogP contribution >= 0.6 is 23.7 Å². The summed E-state index contributed by atoms with van der Waals surface area (Å²) in [6, 6.07) is 5.26. The highest BCUT2D eigenvalue weighted by atomic mass is 35.5. The third kappa shape index (κ3) is 2.98. The Bertz CT molecular complexity index is 715. The number of aryl methyl sites for hydroxylation is 2. The first-order valence-electron chi connectivity index (χ1n) is 6.68. The maximum atomic E-state index is 12.3. The normalized spacial score (nSPS) is 11.9. The van der Waals surface area contributed by atoms with Gasteiger partial charge < -0.3 is 20.5 Å². The van der Waals surface area contributed by atoms with Crippen molar-refractivity contribution in [2.24, 2.45) is 0 Å². The number of carbonyl (C=O) groups excluding carboxylic acids is 1. The lowest BCUT2D eigenvalue weighted by molar-refractivity contribution is 0.103. The molecule has 0 saturated heterocycles. The Kier molecular flexibility index (Phi) is 4.83. The van der Waals surface area contributed by atoms with Crippen molar-refractivity contribution in [3.63, 3.8) is 0 Å². The van der Waals surface area contributed by atoms with Gasteiger partial charge in [0.05, 0.1) is 16.3 Å². The average molecular weight is 341 g/mol. The van der Waals surface area contributed by atoms with Crippen LogP contribution < -0.4 is 20.5 Å². The third-order valence-corrected chi connectivity index (χ3v) is 4.74. The Balaban J connectivity index is 0.00000176. The summed E-state index contributed by atoms with van der Waals surface area (Å²) in [7, 11) is 0. The number of halogens is 1. The van der Waals surface area contributed by atoms with Gasteiger partial charge in [0, 0.05) is 17.0 Å². The van der Waals surface area contributed by atoms with E-state index >= 15 is 0 Å². The van der Waals surface area contributed by atoms with Crippen molar-refractivity contribution in [1.29, 1.82) is 0 Å². The van der Waals surface area contributed by atoms with Crippen LogP contribution in [0.15, 0.2) is 18.2 Å². The number of nitrogens with one attached hydrogen (secondary N) is 1. The largest absolute Gasteiger partial charge is 0.454 e. The van der Waals surface area contributed by atoms with Gasteiger partial charge in [0.15, 0.2) is 11.5 Å². The van der Waals surface area contributed by atoms with Crippen molar-refractivity contribution in [3.8, 4) is 11.5 Å². The molecule has 0 unspecified atom stereocenters. The third-order valence-electron chi connectivity index (χ3n) is 3.36. The fraction of sp³-hybridized carbons (Fsp3) is 0.267. The number of fused-ring (bicyclic) bond motifs is 1. The Morgan fingerprint density at radius 3 is 2.64 bits per heavy atom. The number of hydrogen-bond donors (Lipinski definition) is 2. The van der Waals surface area contributed by atoms with E-state index in [1.165, 1.54) is 16.2 Å². The van der Waals surface area contributed by atoms with Gasteiger partial charge in [0.1, 0.15) is 0 Å². The summed E-state index contributed by atoms with van der Waals surface area (Å²) >= 11 is 1.51. The minimum absolute atomic E-state index is 0. The maximum absolute atomic E-state index is 12.3. The summed E-state index contributed by atoms with van der Waals surface area (Å²) < 4.78 is 10.5. The summed E-state index contributed by atoms with van der Waals surface area (Å²) in [4.78, 5) is 14.2. The highest BCUT2D eigenvalue weighted by Gasteiger charge is 2.18. The summed E-state index contributed by atoms with van der Waals surface area (Å²) in [6.07, 6.45) is 0.927. The Labute approximate surface area is 138 Å². The molecule has 1 amide bonds. The van der Waals surface area contributed by atoms with Crippen molar-refractivity contribution >= 4 is 41.0 Å². The van der Waals surface area contributed by atoms with Crippen LogP contribution in [0.3, 0.4) is 0 Å². The predicted octanol–water partition coefficient (Wildman–Crippen LogP) is 3.60.